The minimum Gasteiger partial charge on any atom is -0.335 e. The molecule has 0 spiro atoms. The van der Waals surface area contributed by atoms with Gasteiger partial charge in [0, 0.05) is 5.25 Å². The first-order valence-electron chi connectivity index (χ1n) is 5.45. The zero-order valence-corrected chi connectivity index (χ0v) is 9.63. The highest BCUT2D eigenvalue weighted by molar-refractivity contribution is 7.99. The first-order valence-corrected chi connectivity index (χ1v) is 6.50. The summed E-state index contributed by atoms with van der Waals surface area (Å²) in [5, 5.41) is 4.69. The molecule has 1 fully saturated rings. The Hall–Kier alpha value is -0.770. The van der Waals surface area contributed by atoms with Crippen LogP contribution >= 0.6 is 11.8 Å². The van der Waals surface area contributed by atoms with Gasteiger partial charge in [0.1, 0.15) is 0 Å². The number of thioether (sulfide) groups is 1. The standard InChI is InChI=1S/C11H16N2OS/c1-2-11-12-10(13-14-11)8-15-9-6-4-3-5-7-9/h2,9H,1,3-8H2. The third-order valence-corrected chi connectivity index (χ3v) is 4.03. The van der Waals surface area contributed by atoms with E-state index < -0.39 is 0 Å². The van der Waals surface area contributed by atoms with E-state index in [1.54, 1.807) is 6.08 Å². The van der Waals surface area contributed by atoms with Crippen LogP contribution in [0.2, 0.25) is 0 Å². The van der Waals surface area contributed by atoms with E-state index in [9.17, 15) is 0 Å². The Balaban J connectivity index is 1.79. The normalized spacial score (nSPS) is 17.9. The molecule has 3 nitrogen and oxygen atoms in total. The van der Waals surface area contributed by atoms with Gasteiger partial charge in [0.05, 0.1) is 5.75 Å². The van der Waals surface area contributed by atoms with Crippen molar-refractivity contribution in [1.82, 2.24) is 10.1 Å². The molecular weight excluding hydrogens is 208 g/mol. The largest absolute Gasteiger partial charge is 0.335 e. The lowest BCUT2D eigenvalue weighted by molar-refractivity contribution is 0.405. The Labute approximate surface area is 94.3 Å². The van der Waals surface area contributed by atoms with Crippen molar-refractivity contribution in [3.05, 3.63) is 18.3 Å². The van der Waals surface area contributed by atoms with Crippen LogP contribution in [-0.4, -0.2) is 15.4 Å². The van der Waals surface area contributed by atoms with Crippen LogP contribution in [0.4, 0.5) is 0 Å². The van der Waals surface area contributed by atoms with Gasteiger partial charge in [-0.05, 0) is 18.9 Å². The lowest BCUT2D eigenvalue weighted by Crippen LogP contribution is -2.08. The zero-order chi connectivity index (χ0) is 10.5. The van der Waals surface area contributed by atoms with Gasteiger partial charge in [-0.25, -0.2) is 0 Å². The monoisotopic (exact) mass is 224 g/mol. The summed E-state index contributed by atoms with van der Waals surface area (Å²) < 4.78 is 4.96. The van der Waals surface area contributed by atoms with E-state index in [2.05, 4.69) is 16.7 Å². The molecule has 0 atom stereocenters. The molecule has 0 aromatic carbocycles. The summed E-state index contributed by atoms with van der Waals surface area (Å²) >= 11 is 1.95. The van der Waals surface area contributed by atoms with Crippen molar-refractivity contribution in [3.63, 3.8) is 0 Å². The molecule has 1 aliphatic carbocycles. The molecule has 1 heterocycles. The minimum absolute atomic E-state index is 0.522. The molecule has 2 rings (SSSR count). The molecule has 0 amide bonds. The summed E-state index contributed by atoms with van der Waals surface area (Å²) in [6.07, 6.45) is 8.43. The third-order valence-electron chi connectivity index (χ3n) is 2.66. The van der Waals surface area contributed by atoms with Crippen LogP contribution in [0, 0.1) is 0 Å². The molecule has 1 saturated carbocycles. The van der Waals surface area contributed by atoms with E-state index in [0.717, 1.165) is 16.8 Å². The van der Waals surface area contributed by atoms with E-state index in [4.69, 9.17) is 4.52 Å². The summed E-state index contributed by atoms with van der Waals surface area (Å²) in [5.74, 6) is 2.18. The highest BCUT2D eigenvalue weighted by Crippen LogP contribution is 2.29. The Morgan fingerprint density at radius 3 is 2.87 bits per heavy atom. The Kier molecular flexibility index (Phi) is 3.83. The summed E-state index contributed by atoms with van der Waals surface area (Å²) in [5.41, 5.74) is 0. The van der Waals surface area contributed by atoms with Crippen molar-refractivity contribution in [2.45, 2.75) is 43.1 Å². The van der Waals surface area contributed by atoms with Crippen molar-refractivity contribution in [1.29, 1.82) is 0 Å². The number of nitrogens with zero attached hydrogens (tertiary/aromatic N) is 2. The molecule has 15 heavy (non-hydrogen) atoms. The maximum Gasteiger partial charge on any atom is 0.250 e. The summed E-state index contributed by atoms with van der Waals surface area (Å²) in [7, 11) is 0. The van der Waals surface area contributed by atoms with E-state index in [0.29, 0.717) is 5.89 Å². The second kappa shape index (κ2) is 5.35. The SMILES string of the molecule is C=Cc1nc(CSC2CCCCC2)no1. The first-order chi connectivity index (χ1) is 7.38. The summed E-state index contributed by atoms with van der Waals surface area (Å²) in [6.45, 7) is 3.59. The van der Waals surface area contributed by atoms with Gasteiger partial charge in [-0.2, -0.15) is 16.7 Å². The van der Waals surface area contributed by atoms with Crippen LogP contribution in [0.25, 0.3) is 6.08 Å². The van der Waals surface area contributed by atoms with Crippen molar-refractivity contribution in [2.75, 3.05) is 0 Å². The lowest BCUT2D eigenvalue weighted by Gasteiger charge is -2.19. The summed E-state index contributed by atoms with van der Waals surface area (Å²) in [6, 6.07) is 0. The molecule has 0 saturated heterocycles. The van der Waals surface area contributed by atoms with Crippen molar-refractivity contribution < 1.29 is 4.52 Å². The second-order valence-electron chi connectivity index (χ2n) is 3.82. The fourth-order valence-electron chi connectivity index (χ4n) is 1.83. The van der Waals surface area contributed by atoms with Crippen LogP contribution in [0.15, 0.2) is 11.1 Å². The van der Waals surface area contributed by atoms with Crippen molar-refractivity contribution >= 4 is 17.8 Å². The Morgan fingerprint density at radius 2 is 2.20 bits per heavy atom. The first kappa shape index (κ1) is 10.7. The number of hydrogen-bond donors (Lipinski definition) is 0. The van der Waals surface area contributed by atoms with Crippen LogP contribution in [0.1, 0.15) is 43.8 Å². The maximum absolute atomic E-state index is 4.96. The fourth-order valence-corrected chi connectivity index (χ4v) is 3.00. The zero-order valence-electron chi connectivity index (χ0n) is 8.82. The fraction of sp³-hybridized carbons (Fsp3) is 0.636. The molecule has 0 radical (unpaired) electrons. The van der Waals surface area contributed by atoms with Crippen molar-refractivity contribution in [2.24, 2.45) is 0 Å². The van der Waals surface area contributed by atoms with E-state index in [1.165, 1.54) is 32.1 Å². The second-order valence-corrected chi connectivity index (χ2v) is 5.11. The van der Waals surface area contributed by atoms with Crippen LogP contribution in [0.3, 0.4) is 0 Å². The van der Waals surface area contributed by atoms with Gasteiger partial charge in [-0.3, -0.25) is 0 Å². The van der Waals surface area contributed by atoms with Gasteiger partial charge in [0.2, 0.25) is 5.89 Å². The molecule has 4 heteroatoms. The topological polar surface area (TPSA) is 38.9 Å². The molecule has 1 aromatic rings. The summed E-state index contributed by atoms with van der Waals surface area (Å²) in [4.78, 5) is 4.20. The van der Waals surface area contributed by atoms with Crippen molar-refractivity contribution in [3.8, 4) is 0 Å². The van der Waals surface area contributed by atoms with Crippen LogP contribution < -0.4 is 0 Å². The van der Waals surface area contributed by atoms with E-state index >= 15 is 0 Å². The molecule has 1 aliphatic rings. The molecular formula is C11H16N2OS. The van der Waals surface area contributed by atoms with Gasteiger partial charge in [0.25, 0.3) is 0 Å². The number of rotatable bonds is 4. The van der Waals surface area contributed by atoms with Gasteiger partial charge >= 0.3 is 0 Å². The molecule has 1 aromatic heterocycles. The van der Waals surface area contributed by atoms with Gasteiger partial charge in [0.15, 0.2) is 5.82 Å². The highest BCUT2D eigenvalue weighted by Gasteiger charge is 2.14. The van der Waals surface area contributed by atoms with E-state index in [-0.39, 0.29) is 0 Å². The van der Waals surface area contributed by atoms with Gasteiger partial charge < -0.3 is 4.52 Å². The molecule has 82 valence electrons. The molecule has 0 unspecified atom stereocenters. The minimum atomic E-state index is 0.522. The van der Waals surface area contributed by atoms with Crippen LogP contribution in [0.5, 0.6) is 0 Å². The predicted octanol–water partition coefficient (Wildman–Crippen LogP) is 3.28. The quantitative estimate of drug-likeness (QED) is 0.786. The average Bonchev–Trinajstić information content (AvgIpc) is 2.76. The van der Waals surface area contributed by atoms with Gasteiger partial charge in [-0.1, -0.05) is 31.0 Å². The Bertz CT molecular complexity index is 318. The average molecular weight is 224 g/mol. The van der Waals surface area contributed by atoms with E-state index in [1.807, 2.05) is 11.8 Å². The molecule has 0 N–H and O–H groups in total. The number of hydrogen-bond acceptors (Lipinski definition) is 4. The molecule has 0 bridgehead atoms. The maximum atomic E-state index is 4.96. The highest BCUT2D eigenvalue weighted by atomic mass is 32.2. The smallest absolute Gasteiger partial charge is 0.250 e. The lowest BCUT2D eigenvalue weighted by atomic mass is 10.0. The number of aromatic nitrogens is 2. The predicted molar refractivity (Wildman–Crippen MR) is 62.6 cm³/mol. The molecule has 0 aliphatic heterocycles. The van der Waals surface area contributed by atoms with Gasteiger partial charge in [-0.15, -0.1) is 0 Å². The third kappa shape index (κ3) is 3.09. The Morgan fingerprint density at radius 1 is 1.40 bits per heavy atom. The van der Waals surface area contributed by atoms with Crippen LogP contribution in [-0.2, 0) is 5.75 Å².